The molecule has 0 aliphatic rings. The van der Waals surface area contributed by atoms with Gasteiger partial charge < -0.3 is 9.64 Å². The summed E-state index contributed by atoms with van der Waals surface area (Å²) < 4.78 is 33.1. The standard InChI is InChI=1S/C24H26N2O4S/c1-4-30-22-13-15-23(16-14-22)31(28,29)25-21-11-9-20(10-12-21)24(27)26(3)17-19-7-5-18(2)6-8-19/h5-16,25H,4,17H2,1-3H3. The van der Waals surface area contributed by atoms with Crippen LogP contribution in [0.2, 0.25) is 0 Å². The van der Waals surface area contributed by atoms with Crippen LogP contribution in [-0.2, 0) is 16.6 Å². The van der Waals surface area contributed by atoms with Crippen LogP contribution < -0.4 is 9.46 Å². The van der Waals surface area contributed by atoms with Crippen LogP contribution in [0.1, 0.15) is 28.4 Å². The van der Waals surface area contributed by atoms with E-state index in [2.05, 4.69) is 4.72 Å². The van der Waals surface area contributed by atoms with Crippen molar-refractivity contribution >= 4 is 21.6 Å². The Morgan fingerprint density at radius 2 is 1.55 bits per heavy atom. The molecule has 162 valence electrons. The van der Waals surface area contributed by atoms with E-state index in [1.165, 1.54) is 17.7 Å². The molecule has 0 spiro atoms. The van der Waals surface area contributed by atoms with Gasteiger partial charge in [-0.1, -0.05) is 29.8 Å². The number of hydrogen-bond acceptors (Lipinski definition) is 4. The molecule has 0 aliphatic carbocycles. The van der Waals surface area contributed by atoms with Gasteiger partial charge in [-0.05, 0) is 67.9 Å². The Morgan fingerprint density at radius 3 is 2.13 bits per heavy atom. The van der Waals surface area contributed by atoms with E-state index in [9.17, 15) is 13.2 Å². The molecule has 0 atom stereocenters. The number of amides is 1. The van der Waals surface area contributed by atoms with Gasteiger partial charge in [0.25, 0.3) is 15.9 Å². The second kappa shape index (κ2) is 9.66. The van der Waals surface area contributed by atoms with E-state index in [1.807, 2.05) is 38.1 Å². The summed E-state index contributed by atoms with van der Waals surface area (Å²) in [6.45, 7) is 4.88. The number of hydrogen-bond donors (Lipinski definition) is 1. The van der Waals surface area contributed by atoms with E-state index in [0.717, 1.165) is 5.56 Å². The molecular formula is C24H26N2O4S. The van der Waals surface area contributed by atoms with Crippen LogP contribution in [-0.4, -0.2) is 32.9 Å². The first-order chi connectivity index (χ1) is 14.8. The highest BCUT2D eigenvalue weighted by atomic mass is 32.2. The SMILES string of the molecule is CCOc1ccc(S(=O)(=O)Nc2ccc(C(=O)N(C)Cc3ccc(C)cc3)cc2)cc1. The summed E-state index contributed by atoms with van der Waals surface area (Å²) in [6, 6.07) is 20.6. The van der Waals surface area contributed by atoms with Crippen molar-refractivity contribution in [3.05, 3.63) is 89.5 Å². The van der Waals surface area contributed by atoms with E-state index in [1.54, 1.807) is 48.3 Å². The summed E-state index contributed by atoms with van der Waals surface area (Å²) in [5.41, 5.74) is 3.08. The van der Waals surface area contributed by atoms with Crippen molar-refractivity contribution in [3.63, 3.8) is 0 Å². The van der Waals surface area contributed by atoms with Crippen molar-refractivity contribution in [1.82, 2.24) is 4.90 Å². The zero-order valence-corrected chi connectivity index (χ0v) is 18.6. The first-order valence-corrected chi connectivity index (χ1v) is 11.4. The molecule has 0 radical (unpaired) electrons. The van der Waals surface area contributed by atoms with Gasteiger partial charge in [-0.15, -0.1) is 0 Å². The maximum absolute atomic E-state index is 12.7. The maximum atomic E-state index is 12.7. The number of aryl methyl sites for hydroxylation is 1. The van der Waals surface area contributed by atoms with Gasteiger partial charge in [0.2, 0.25) is 0 Å². The minimum absolute atomic E-state index is 0.133. The summed E-state index contributed by atoms with van der Waals surface area (Å²) in [4.78, 5) is 14.5. The predicted molar refractivity (Wildman–Crippen MR) is 122 cm³/mol. The van der Waals surface area contributed by atoms with Gasteiger partial charge in [-0.25, -0.2) is 8.42 Å². The first kappa shape index (κ1) is 22.4. The lowest BCUT2D eigenvalue weighted by Crippen LogP contribution is -2.26. The van der Waals surface area contributed by atoms with Crippen LogP contribution in [0.25, 0.3) is 0 Å². The summed E-state index contributed by atoms with van der Waals surface area (Å²) in [7, 11) is -2.00. The maximum Gasteiger partial charge on any atom is 0.261 e. The summed E-state index contributed by atoms with van der Waals surface area (Å²) in [5.74, 6) is 0.473. The number of anilines is 1. The molecule has 0 saturated carbocycles. The van der Waals surface area contributed by atoms with Gasteiger partial charge in [0.15, 0.2) is 0 Å². The molecule has 1 amide bonds. The fourth-order valence-electron chi connectivity index (χ4n) is 3.04. The minimum Gasteiger partial charge on any atom is -0.494 e. The zero-order valence-electron chi connectivity index (χ0n) is 17.8. The van der Waals surface area contributed by atoms with Crippen LogP contribution in [0.5, 0.6) is 5.75 Å². The Labute approximate surface area is 183 Å². The second-order valence-corrected chi connectivity index (χ2v) is 8.92. The van der Waals surface area contributed by atoms with E-state index < -0.39 is 10.0 Å². The smallest absolute Gasteiger partial charge is 0.261 e. The largest absolute Gasteiger partial charge is 0.494 e. The molecule has 3 aromatic rings. The molecule has 31 heavy (non-hydrogen) atoms. The number of ether oxygens (including phenoxy) is 1. The van der Waals surface area contributed by atoms with Crippen molar-refractivity contribution in [3.8, 4) is 5.75 Å². The highest BCUT2D eigenvalue weighted by Gasteiger charge is 2.16. The molecule has 0 bridgehead atoms. The van der Waals surface area contributed by atoms with Crippen LogP contribution in [0.4, 0.5) is 5.69 Å². The van der Waals surface area contributed by atoms with Crippen LogP contribution >= 0.6 is 0 Å². The van der Waals surface area contributed by atoms with Gasteiger partial charge in [-0.3, -0.25) is 9.52 Å². The lowest BCUT2D eigenvalue weighted by molar-refractivity contribution is 0.0785. The van der Waals surface area contributed by atoms with Gasteiger partial charge in [0.1, 0.15) is 5.75 Å². The predicted octanol–water partition coefficient (Wildman–Crippen LogP) is 4.47. The van der Waals surface area contributed by atoms with Crippen molar-refractivity contribution in [2.24, 2.45) is 0 Å². The number of sulfonamides is 1. The molecule has 6 nitrogen and oxygen atoms in total. The fourth-order valence-corrected chi connectivity index (χ4v) is 4.09. The molecule has 7 heteroatoms. The Kier molecular flexibility index (Phi) is 6.97. The second-order valence-electron chi connectivity index (χ2n) is 7.23. The molecule has 0 heterocycles. The zero-order chi connectivity index (χ0) is 22.4. The van der Waals surface area contributed by atoms with E-state index >= 15 is 0 Å². The van der Waals surface area contributed by atoms with Crippen molar-refractivity contribution in [2.45, 2.75) is 25.3 Å². The molecule has 3 rings (SSSR count). The first-order valence-electron chi connectivity index (χ1n) is 9.95. The van der Waals surface area contributed by atoms with Gasteiger partial charge in [0.05, 0.1) is 11.5 Å². The van der Waals surface area contributed by atoms with Crippen LogP contribution in [0.3, 0.4) is 0 Å². The van der Waals surface area contributed by atoms with Gasteiger partial charge >= 0.3 is 0 Å². The van der Waals surface area contributed by atoms with Gasteiger partial charge in [-0.2, -0.15) is 0 Å². The fraction of sp³-hybridized carbons (Fsp3) is 0.208. The Morgan fingerprint density at radius 1 is 0.935 bits per heavy atom. The average Bonchev–Trinajstić information content (AvgIpc) is 2.76. The molecule has 0 unspecified atom stereocenters. The molecule has 1 N–H and O–H groups in total. The number of carbonyl (C=O) groups excluding carboxylic acids is 1. The average molecular weight is 439 g/mol. The van der Waals surface area contributed by atoms with Crippen LogP contribution in [0, 0.1) is 6.92 Å². The molecule has 0 aliphatic heterocycles. The molecule has 0 aromatic heterocycles. The lowest BCUT2D eigenvalue weighted by atomic mass is 10.1. The Hall–Kier alpha value is -3.32. The van der Waals surface area contributed by atoms with Crippen molar-refractivity contribution in [1.29, 1.82) is 0 Å². The quantitative estimate of drug-likeness (QED) is 0.563. The third-order valence-corrected chi connectivity index (χ3v) is 6.11. The highest BCUT2D eigenvalue weighted by molar-refractivity contribution is 7.92. The summed E-state index contributed by atoms with van der Waals surface area (Å²) in [5, 5.41) is 0. The number of rotatable bonds is 8. The number of nitrogens with one attached hydrogen (secondary N) is 1. The molecular weight excluding hydrogens is 412 g/mol. The normalized spacial score (nSPS) is 11.1. The highest BCUT2D eigenvalue weighted by Crippen LogP contribution is 2.20. The molecule has 3 aromatic carbocycles. The lowest BCUT2D eigenvalue weighted by Gasteiger charge is -2.18. The summed E-state index contributed by atoms with van der Waals surface area (Å²) >= 11 is 0. The Balaban J connectivity index is 1.66. The van der Waals surface area contributed by atoms with E-state index in [-0.39, 0.29) is 10.8 Å². The third-order valence-electron chi connectivity index (χ3n) is 4.72. The van der Waals surface area contributed by atoms with Crippen LogP contribution in [0.15, 0.2) is 77.7 Å². The van der Waals surface area contributed by atoms with E-state index in [0.29, 0.717) is 30.2 Å². The van der Waals surface area contributed by atoms with E-state index in [4.69, 9.17) is 4.74 Å². The van der Waals surface area contributed by atoms with Crippen molar-refractivity contribution in [2.75, 3.05) is 18.4 Å². The summed E-state index contributed by atoms with van der Waals surface area (Å²) in [6.07, 6.45) is 0. The number of benzene rings is 3. The third kappa shape index (κ3) is 5.86. The minimum atomic E-state index is -3.74. The monoisotopic (exact) mass is 438 g/mol. The number of carbonyl (C=O) groups is 1. The molecule has 0 fully saturated rings. The topological polar surface area (TPSA) is 75.7 Å². The molecule has 0 saturated heterocycles. The number of nitrogens with zero attached hydrogens (tertiary/aromatic N) is 1. The van der Waals surface area contributed by atoms with Crippen molar-refractivity contribution < 1.29 is 17.9 Å². The Bertz CT molecular complexity index is 1120. The van der Waals surface area contributed by atoms with Gasteiger partial charge in [0, 0.05) is 24.8 Å².